The van der Waals surface area contributed by atoms with Crippen LogP contribution >= 0.6 is 0 Å². The van der Waals surface area contributed by atoms with Gasteiger partial charge in [0.15, 0.2) is 0 Å². The lowest BCUT2D eigenvalue weighted by atomic mass is 9.94. The van der Waals surface area contributed by atoms with Crippen LogP contribution in [0.5, 0.6) is 0 Å². The maximum Gasteiger partial charge on any atom is 0.335 e. The van der Waals surface area contributed by atoms with Crippen LogP contribution in [0, 0.1) is 0 Å². The Hall–Kier alpha value is -2.18. The Labute approximate surface area is 141 Å². The Bertz CT molecular complexity index is 681. The van der Waals surface area contributed by atoms with Crippen molar-refractivity contribution in [3.63, 3.8) is 0 Å². The zero-order valence-corrected chi connectivity index (χ0v) is 13.6. The Morgan fingerprint density at radius 3 is 2.75 bits per heavy atom. The molecule has 1 fully saturated rings. The highest BCUT2D eigenvalue weighted by Crippen LogP contribution is 2.26. The van der Waals surface area contributed by atoms with Gasteiger partial charge in [-0.3, -0.25) is 9.58 Å². The monoisotopic (exact) mass is 329 g/mol. The molecule has 0 radical (unpaired) electrons. The van der Waals surface area contributed by atoms with Crippen LogP contribution in [0.2, 0.25) is 0 Å². The molecular weight excluding hydrogens is 306 g/mol. The molecule has 0 amide bonds. The molecule has 1 atom stereocenters. The number of likely N-dealkylation sites (tertiary alicyclic amines) is 1. The molecule has 1 aromatic carbocycles. The molecule has 0 aliphatic carbocycles. The van der Waals surface area contributed by atoms with Crippen LogP contribution in [0.1, 0.15) is 40.4 Å². The van der Waals surface area contributed by atoms with E-state index < -0.39 is 5.97 Å². The maximum absolute atomic E-state index is 10.9. The van der Waals surface area contributed by atoms with E-state index in [-0.39, 0.29) is 6.61 Å². The number of carbonyl (C=O) groups is 1. The van der Waals surface area contributed by atoms with Gasteiger partial charge in [0, 0.05) is 25.2 Å². The fourth-order valence-electron chi connectivity index (χ4n) is 3.27. The van der Waals surface area contributed by atoms with Gasteiger partial charge in [0.05, 0.1) is 24.4 Å². The molecule has 6 heteroatoms. The van der Waals surface area contributed by atoms with Crippen LogP contribution < -0.4 is 0 Å². The van der Waals surface area contributed by atoms with Crippen molar-refractivity contribution in [2.45, 2.75) is 31.8 Å². The number of piperidine rings is 1. The lowest BCUT2D eigenvalue weighted by Crippen LogP contribution is -2.34. The smallest absolute Gasteiger partial charge is 0.335 e. The minimum absolute atomic E-state index is 0.101. The molecule has 24 heavy (non-hydrogen) atoms. The van der Waals surface area contributed by atoms with Gasteiger partial charge < -0.3 is 10.2 Å². The van der Waals surface area contributed by atoms with E-state index in [1.54, 1.807) is 16.8 Å². The molecule has 128 valence electrons. The first-order chi connectivity index (χ1) is 11.7. The summed E-state index contributed by atoms with van der Waals surface area (Å²) in [6, 6.07) is 9.16. The maximum atomic E-state index is 10.9. The highest BCUT2D eigenvalue weighted by molar-refractivity contribution is 5.87. The van der Waals surface area contributed by atoms with Crippen molar-refractivity contribution in [3.8, 4) is 0 Å². The van der Waals surface area contributed by atoms with Gasteiger partial charge in [-0.15, -0.1) is 0 Å². The third-order valence-corrected chi connectivity index (χ3v) is 4.52. The predicted octanol–water partition coefficient (Wildman–Crippen LogP) is 1.95. The van der Waals surface area contributed by atoms with Gasteiger partial charge in [0.25, 0.3) is 0 Å². The molecule has 2 heterocycles. The van der Waals surface area contributed by atoms with E-state index in [1.165, 1.54) is 0 Å². The van der Waals surface area contributed by atoms with Crippen LogP contribution in [0.3, 0.4) is 0 Å². The third-order valence-electron chi connectivity index (χ3n) is 4.52. The third kappa shape index (κ3) is 4.01. The standard InChI is InChI=1S/C18H23N3O3/c22-11-10-21-9-7-17(19-21)16-2-1-8-20(13-16)12-14-3-5-15(6-4-14)18(23)24/h3-7,9,16,22H,1-2,8,10-13H2,(H,23,24). The van der Waals surface area contributed by atoms with Gasteiger partial charge in [-0.25, -0.2) is 4.79 Å². The summed E-state index contributed by atoms with van der Waals surface area (Å²) in [5.74, 6) is -0.477. The van der Waals surface area contributed by atoms with E-state index in [9.17, 15) is 4.79 Å². The second kappa shape index (κ2) is 7.59. The highest BCUT2D eigenvalue weighted by atomic mass is 16.4. The molecule has 0 saturated carbocycles. The van der Waals surface area contributed by atoms with E-state index in [2.05, 4.69) is 10.00 Å². The second-order valence-corrected chi connectivity index (χ2v) is 6.30. The Morgan fingerprint density at radius 1 is 1.25 bits per heavy atom. The van der Waals surface area contributed by atoms with Gasteiger partial charge in [-0.05, 0) is 43.1 Å². The predicted molar refractivity (Wildman–Crippen MR) is 90.0 cm³/mol. The van der Waals surface area contributed by atoms with Crippen molar-refractivity contribution in [2.75, 3.05) is 19.7 Å². The molecule has 0 spiro atoms. The molecule has 1 aliphatic rings. The summed E-state index contributed by atoms with van der Waals surface area (Å²) < 4.78 is 1.79. The Balaban J connectivity index is 1.61. The molecule has 3 rings (SSSR count). The topological polar surface area (TPSA) is 78.6 Å². The lowest BCUT2D eigenvalue weighted by molar-refractivity contribution is 0.0697. The minimum Gasteiger partial charge on any atom is -0.478 e. The number of benzene rings is 1. The first-order valence-corrected chi connectivity index (χ1v) is 8.34. The Morgan fingerprint density at radius 2 is 2.04 bits per heavy atom. The van der Waals surface area contributed by atoms with Crippen molar-refractivity contribution in [1.82, 2.24) is 14.7 Å². The summed E-state index contributed by atoms with van der Waals surface area (Å²) in [7, 11) is 0. The zero-order valence-electron chi connectivity index (χ0n) is 13.6. The van der Waals surface area contributed by atoms with E-state index in [0.717, 1.165) is 43.7 Å². The summed E-state index contributed by atoms with van der Waals surface area (Å²) >= 11 is 0. The van der Waals surface area contributed by atoms with E-state index >= 15 is 0 Å². The summed E-state index contributed by atoms with van der Waals surface area (Å²) in [5, 5.41) is 22.5. The van der Waals surface area contributed by atoms with Crippen molar-refractivity contribution in [3.05, 3.63) is 53.3 Å². The highest BCUT2D eigenvalue weighted by Gasteiger charge is 2.23. The molecule has 0 bridgehead atoms. The molecule has 6 nitrogen and oxygen atoms in total. The van der Waals surface area contributed by atoms with Gasteiger partial charge in [0.1, 0.15) is 0 Å². The average molecular weight is 329 g/mol. The van der Waals surface area contributed by atoms with Crippen LogP contribution in [0.15, 0.2) is 36.5 Å². The summed E-state index contributed by atoms with van der Waals surface area (Å²) in [6.07, 6.45) is 4.18. The number of aliphatic hydroxyl groups is 1. The van der Waals surface area contributed by atoms with Crippen molar-refractivity contribution < 1.29 is 15.0 Å². The Kier molecular flexibility index (Phi) is 5.27. The molecular formula is C18H23N3O3. The van der Waals surface area contributed by atoms with Crippen molar-refractivity contribution in [2.24, 2.45) is 0 Å². The summed E-state index contributed by atoms with van der Waals surface area (Å²) in [4.78, 5) is 13.3. The van der Waals surface area contributed by atoms with Crippen molar-refractivity contribution in [1.29, 1.82) is 0 Å². The number of nitrogens with zero attached hydrogens (tertiary/aromatic N) is 3. The fraction of sp³-hybridized carbons (Fsp3) is 0.444. The van der Waals surface area contributed by atoms with Gasteiger partial charge in [-0.2, -0.15) is 5.10 Å². The molecule has 1 saturated heterocycles. The number of rotatable bonds is 6. The normalized spacial score (nSPS) is 18.6. The van der Waals surface area contributed by atoms with Gasteiger partial charge >= 0.3 is 5.97 Å². The first-order valence-electron chi connectivity index (χ1n) is 8.34. The largest absolute Gasteiger partial charge is 0.478 e. The average Bonchev–Trinajstić information content (AvgIpc) is 3.05. The first kappa shape index (κ1) is 16.7. The summed E-state index contributed by atoms with van der Waals surface area (Å²) in [6.45, 7) is 3.47. The molecule has 1 unspecified atom stereocenters. The number of carboxylic acid groups (broad SMARTS) is 1. The fourth-order valence-corrected chi connectivity index (χ4v) is 3.27. The lowest BCUT2D eigenvalue weighted by Gasteiger charge is -2.32. The van der Waals surface area contributed by atoms with Gasteiger partial charge in [-0.1, -0.05) is 12.1 Å². The quantitative estimate of drug-likeness (QED) is 0.847. The van der Waals surface area contributed by atoms with E-state index in [4.69, 9.17) is 10.2 Å². The minimum atomic E-state index is -0.891. The molecule has 2 N–H and O–H groups in total. The number of hydrogen-bond donors (Lipinski definition) is 2. The number of aliphatic hydroxyl groups excluding tert-OH is 1. The van der Waals surface area contributed by atoms with Crippen LogP contribution in [-0.2, 0) is 13.1 Å². The van der Waals surface area contributed by atoms with Crippen molar-refractivity contribution >= 4 is 5.97 Å². The molecule has 1 aliphatic heterocycles. The van der Waals surface area contributed by atoms with E-state index in [0.29, 0.717) is 18.0 Å². The van der Waals surface area contributed by atoms with Crippen LogP contribution in [0.4, 0.5) is 0 Å². The number of aromatic nitrogens is 2. The zero-order chi connectivity index (χ0) is 16.9. The SMILES string of the molecule is O=C(O)c1ccc(CN2CCCC(c3ccn(CCO)n3)C2)cc1. The number of hydrogen-bond acceptors (Lipinski definition) is 4. The number of aromatic carboxylic acids is 1. The van der Waals surface area contributed by atoms with Gasteiger partial charge in [0.2, 0.25) is 0 Å². The summed E-state index contributed by atoms with van der Waals surface area (Å²) in [5.41, 5.74) is 2.55. The second-order valence-electron chi connectivity index (χ2n) is 6.30. The van der Waals surface area contributed by atoms with Crippen LogP contribution in [0.25, 0.3) is 0 Å². The number of carboxylic acids is 1. The molecule has 2 aromatic rings. The van der Waals surface area contributed by atoms with Crippen LogP contribution in [-0.4, -0.2) is 50.6 Å². The molecule has 1 aromatic heterocycles. The van der Waals surface area contributed by atoms with E-state index in [1.807, 2.05) is 24.4 Å².